The van der Waals surface area contributed by atoms with E-state index in [9.17, 15) is 10.2 Å². The normalized spacial score (nSPS) is 16.5. The van der Waals surface area contributed by atoms with Crippen LogP contribution in [-0.4, -0.2) is 30.0 Å². The molecule has 0 saturated heterocycles. The van der Waals surface area contributed by atoms with Gasteiger partial charge in [0.2, 0.25) is 0 Å². The monoisotopic (exact) mass is 237 g/mol. The number of aliphatic hydroxyl groups is 2. The summed E-state index contributed by atoms with van der Waals surface area (Å²) in [4.78, 5) is 0. The second-order valence-electron chi connectivity index (χ2n) is 4.85. The molecule has 0 amide bonds. The van der Waals surface area contributed by atoms with Gasteiger partial charge in [0.15, 0.2) is 0 Å². The Morgan fingerprint density at radius 2 is 1.88 bits per heavy atom. The number of aliphatic hydroxyl groups excluding tert-OH is 2. The van der Waals surface area contributed by atoms with Crippen LogP contribution in [0.4, 0.5) is 0 Å². The molecule has 3 heteroatoms. The van der Waals surface area contributed by atoms with E-state index >= 15 is 0 Å². The molecule has 3 nitrogen and oxygen atoms in total. The standard InChI is InChI=1S/C14H23NO2/c1-3-14(2,11-17)10-15-13(9-16)12-7-5-4-6-8-12/h4-8,13,15-17H,3,9-11H2,1-2H3. The van der Waals surface area contributed by atoms with E-state index in [-0.39, 0.29) is 24.7 Å². The van der Waals surface area contributed by atoms with Crippen LogP contribution in [0, 0.1) is 5.41 Å². The molecule has 1 aromatic carbocycles. The van der Waals surface area contributed by atoms with E-state index in [0.717, 1.165) is 12.0 Å². The first-order valence-corrected chi connectivity index (χ1v) is 6.15. The summed E-state index contributed by atoms with van der Waals surface area (Å²) in [7, 11) is 0. The first-order valence-electron chi connectivity index (χ1n) is 6.15. The molecule has 2 atom stereocenters. The van der Waals surface area contributed by atoms with Crippen molar-refractivity contribution in [2.24, 2.45) is 5.41 Å². The van der Waals surface area contributed by atoms with Gasteiger partial charge in [-0.2, -0.15) is 0 Å². The molecule has 96 valence electrons. The minimum Gasteiger partial charge on any atom is -0.396 e. The van der Waals surface area contributed by atoms with E-state index in [0.29, 0.717) is 6.54 Å². The van der Waals surface area contributed by atoms with Crippen LogP contribution in [0.1, 0.15) is 31.9 Å². The number of rotatable bonds is 7. The Kier molecular flexibility index (Phi) is 5.62. The maximum Gasteiger partial charge on any atom is 0.0626 e. The van der Waals surface area contributed by atoms with E-state index in [2.05, 4.69) is 12.2 Å². The Balaban J connectivity index is 2.60. The zero-order chi connectivity index (χ0) is 12.7. The van der Waals surface area contributed by atoms with E-state index in [1.807, 2.05) is 37.3 Å². The average molecular weight is 237 g/mol. The lowest BCUT2D eigenvalue weighted by Gasteiger charge is -2.28. The first kappa shape index (κ1) is 14.2. The minimum atomic E-state index is -0.123. The summed E-state index contributed by atoms with van der Waals surface area (Å²) in [5, 5.41) is 22.1. The third kappa shape index (κ3) is 4.11. The predicted molar refractivity (Wildman–Crippen MR) is 69.8 cm³/mol. The van der Waals surface area contributed by atoms with Gasteiger partial charge in [-0.1, -0.05) is 44.2 Å². The van der Waals surface area contributed by atoms with Crippen molar-refractivity contribution in [2.45, 2.75) is 26.3 Å². The summed E-state index contributed by atoms with van der Waals surface area (Å²) in [6, 6.07) is 9.82. The molecule has 1 rings (SSSR count). The molecule has 3 N–H and O–H groups in total. The minimum absolute atomic E-state index is 0.0615. The van der Waals surface area contributed by atoms with Crippen molar-refractivity contribution in [3.05, 3.63) is 35.9 Å². The molecule has 1 aromatic rings. The third-order valence-electron chi connectivity index (χ3n) is 3.40. The van der Waals surface area contributed by atoms with Crippen molar-refractivity contribution >= 4 is 0 Å². The molecule has 0 aliphatic heterocycles. The Morgan fingerprint density at radius 3 is 2.35 bits per heavy atom. The van der Waals surface area contributed by atoms with Crippen molar-refractivity contribution in [3.63, 3.8) is 0 Å². The number of nitrogens with one attached hydrogen (secondary N) is 1. The van der Waals surface area contributed by atoms with Crippen molar-refractivity contribution < 1.29 is 10.2 Å². The molecule has 0 heterocycles. The maximum atomic E-state index is 9.40. The number of hydrogen-bond donors (Lipinski definition) is 3. The predicted octanol–water partition coefficient (Wildman–Crippen LogP) is 1.72. The van der Waals surface area contributed by atoms with Crippen LogP contribution in [0.3, 0.4) is 0 Å². The maximum absolute atomic E-state index is 9.40. The molecule has 0 aliphatic rings. The second-order valence-corrected chi connectivity index (χ2v) is 4.85. The van der Waals surface area contributed by atoms with Gasteiger partial charge in [0, 0.05) is 18.6 Å². The van der Waals surface area contributed by atoms with Crippen LogP contribution in [0.2, 0.25) is 0 Å². The van der Waals surface area contributed by atoms with Crippen molar-refractivity contribution in [1.82, 2.24) is 5.32 Å². The Bertz CT molecular complexity index is 309. The zero-order valence-corrected chi connectivity index (χ0v) is 10.7. The smallest absolute Gasteiger partial charge is 0.0626 e. The number of hydrogen-bond acceptors (Lipinski definition) is 3. The fraction of sp³-hybridized carbons (Fsp3) is 0.571. The van der Waals surface area contributed by atoms with Gasteiger partial charge in [-0.25, -0.2) is 0 Å². The van der Waals surface area contributed by atoms with Gasteiger partial charge in [-0.05, 0) is 12.0 Å². The Labute approximate surface area is 103 Å². The molecule has 0 fully saturated rings. The topological polar surface area (TPSA) is 52.5 Å². The Morgan fingerprint density at radius 1 is 1.24 bits per heavy atom. The van der Waals surface area contributed by atoms with E-state index < -0.39 is 0 Å². The lowest BCUT2D eigenvalue weighted by atomic mass is 9.88. The summed E-state index contributed by atoms with van der Waals surface area (Å²) in [5.41, 5.74) is 0.953. The average Bonchev–Trinajstić information content (AvgIpc) is 2.40. The lowest BCUT2D eigenvalue weighted by Crippen LogP contribution is -2.37. The molecule has 2 unspecified atom stereocenters. The van der Waals surface area contributed by atoms with Gasteiger partial charge in [0.25, 0.3) is 0 Å². The van der Waals surface area contributed by atoms with Crippen LogP contribution in [0.25, 0.3) is 0 Å². The van der Waals surface area contributed by atoms with Crippen LogP contribution in [-0.2, 0) is 0 Å². The van der Waals surface area contributed by atoms with E-state index in [1.54, 1.807) is 0 Å². The molecular weight excluding hydrogens is 214 g/mol. The SMILES string of the molecule is CCC(C)(CO)CNC(CO)c1ccccc1. The number of benzene rings is 1. The van der Waals surface area contributed by atoms with Crippen LogP contribution in [0.15, 0.2) is 30.3 Å². The fourth-order valence-corrected chi connectivity index (χ4v) is 1.64. The summed E-state index contributed by atoms with van der Waals surface area (Å²) >= 11 is 0. The highest BCUT2D eigenvalue weighted by molar-refractivity contribution is 5.18. The summed E-state index contributed by atoms with van der Waals surface area (Å²) in [5.74, 6) is 0. The quantitative estimate of drug-likeness (QED) is 0.677. The summed E-state index contributed by atoms with van der Waals surface area (Å²) < 4.78 is 0. The lowest BCUT2D eigenvalue weighted by molar-refractivity contribution is 0.125. The van der Waals surface area contributed by atoms with E-state index in [1.165, 1.54) is 0 Å². The van der Waals surface area contributed by atoms with Crippen LogP contribution in [0.5, 0.6) is 0 Å². The Hall–Kier alpha value is -0.900. The molecule has 0 saturated carbocycles. The molecule has 0 aromatic heterocycles. The molecule has 17 heavy (non-hydrogen) atoms. The molecule has 0 bridgehead atoms. The largest absolute Gasteiger partial charge is 0.396 e. The van der Waals surface area contributed by atoms with Gasteiger partial charge < -0.3 is 15.5 Å². The van der Waals surface area contributed by atoms with Gasteiger partial charge >= 0.3 is 0 Å². The van der Waals surface area contributed by atoms with Crippen molar-refractivity contribution in [1.29, 1.82) is 0 Å². The molecule has 0 spiro atoms. The summed E-state index contributed by atoms with van der Waals surface area (Å²) in [6.07, 6.45) is 0.906. The van der Waals surface area contributed by atoms with Crippen molar-refractivity contribution in [3.8, 4) is 0 Å². The fourth-order valence-electron chi connectivity index (χ4n) is 1.64. The molecule has 0 radical (unpaired) electrons. The van der Waals surface area contributed by atoms with Crippen LogP contribution < -0.4 is 5.32 Å². The van der Waals surface area contributed by atoms with Gasteiger partial charge in [-0.3, -0.25) is 0 Å². The molecular formula is C14H23NO2. The van der Waals surface area contributed by atoms with Crippen LogP contribution >= 0.6 is 0 Å². The first-order chi connectivity index (χ1) is 8.15. The van der Waals surface area contributed by atoms with Gasteiger partial charge in [0.05, 0.1) is 12.6 Å². The van der Waals surface area contributed by atoms with Gasteiger partial charge in [0.1, 0.15) is 0 Å². The summed E-state index contributed by atoms with van der Waals surface area (Å²) in [6.45, 7) is 5.02. The highest BCUT2D eigenvalue weighted by Gasteiger charge is 2.22. The third-order valence-corrected chi connectivity index (χ3v) is 3.40. The van der Waals surface area contributed by atoms with E-state index in [4.69, 9.17) is 0 Å². The van der Waals surface area contributed by atoms with Crippen molar-refractivity contribution in [2.75, 3.05) is 19.8 Å². The highest BCUT2D eigenvalue weighted by Crippen LogP contribution is 2.20. The van der Waals surface area contributed by atoms with Gasteiger partial charge in [-0.15, -0.1) is 0 Å². The highest BCUT2D eigenvalue weighted by atomic mass is 16.3. The second kappa shape index (κ2) is 6.74. The zero-order valence-electron chi connectivity index (χ0n) is 10.7. The molecule has 0 aliphatic carbocycles.